The number of hydrogen-bond donors (Lipinski definition) is 0. The summed E-state index contributed by atoms with van der Waals surface area (Å²) in [6, 6.07) is 0. The monoisotopic (exact) mass is 270 g/mol. The highest BCUT2D eigenvalue weighted by atomic mass is 16.6. The molecule has 19 heavy (non-hydrogen) atoms. The van der Waals surface area contributed by atoms with Gasteiger partial charge in [-0.1, -0.05) is 12.8 Å². The van der Waals surface area contributed by atoms with Crippen molar-refractivity contribution in [2.24, 2.45) is 17.8 Å². The fourth-order valence-corrected chi connectivity index (χ4v) is 2.68. The maximum atomic E-state index is 12.0. The minimum Gasteiger partial charge on any atom is -0.465 e. The molecule has 0 saturated heterocycles. The van der Waals surface area contributed by atoms with Gasteiger partial charge >= 0.3 is 11.9 Å². The van der Waals surface area contributed by atoms with E-state index >= 15 is 0 Å². The van der Waals surface area contributed by atoms with Crippen molar-refractivity contribution in [2.75, 3.05) is 13.2 Å². The Hall–Kier alpha value is -1.39. The second kappa shape index (κ2) is 7.92. The second-order valence-electron chi connectivity index (χ2n) is 4.73. The van der Waals surface area contributed by atoms with Crippen molar-refractivity contribution in [2.45, 2.75) is 39.5 Å². The Balaban J connectivity index is 2.89. The molecule has 108 valence electrons. The van der Waals surface area contributed by atoms with E-state index in [1.54, 1.807) is 13.8 Å². The van der Waals surface area contributed by atoms with Crippen LogP contribution in [0.1, 0.15) is 39.5 Å². The zero-order chi connectivity index (χ0) is 14.3. The van der Waals surface area contributed by atoms with Gasteiger partial charge in [-0.2, -0.15) is 0 Å². The molecule has 2 atom stereocenters. The molecule has 5 heteroatoms. The molecule has 0 unspecified atom stereocenters. The predicted molar refractivity (Wildman–Crippen MR) is 68.3 cm³/mol. The summed E-state index contributed by atoms with van der Waals surface area (Å²) >= 11 is 0. The Morgan fingerprint density at radius 2 is 1.63 bits per heavy atom. The highest BCUT2D eigenvalue weighted by molar-refractivity contribution is 5.95. The lowest BCUT2D eigenvalue weighted by Crippen LogP contribution is -2.39. The molecule has 0 aromatic rings. The number of ether oxygens (including phenoxy) is 2. The Labute approximate surface area is 113 Å². The summed E-state index contributed by atoms with van der Waals surface area (Å²) in [4.78, 5) is 35.1. The van der Waals surface area contributed by atoms with Gasteiger partial charge < -0.3 is 14.3 Å². The highest BCUT2D eigenvalue weighted by Gasteiger charge is 2.42. The third kappa shape index (κ3) is 4.04. The summed E-state index contributed by atoms with van der Waals surface area (Å²) in [6.07, 6.45) is 4.15. The normalized spacial score (nSPS) is 22.9. The quantitative estimate of drug-likeness (QED) is 0.417. The molecular weight excluding hydrogens is 248 g/mol. The molecule has 0 amide bonds. The SMILES string of the molecule is CCOC(=O)C(C(=O)OCC)[C@H]1CCCC[C@@H]1C=O. The third-order valence-electron chi connectivity index (χ3n) is 3.56. The van der Waals surface area contributed by atoms with Gasteiger partial charge in [0.25, 0.3) is 0 Å². The molecule has 1 fully saturated rings. The van der Waals surface area contributed by atoms with Gasteiger partial charge in [-0.05, 0) is 32.6 Å². The summed E-state index contributed by atoms with van der Waals surface area (Å²) in [5.74, 6) is -2.65. The summed E-state index contributed by atoms with van der Waals surface area (Å²) in [7, 11) is 0. The molecule has 0 spiro atoms. The van der Waals surface area contributed by atoms with Crippen LogP contribution in [0.5, 0.6) is 0 Å². The Morgan fingerprint density at radius 3 is 2.11 bits per heavy atom. The number of hydrogen-bond acceptors (Lipinski definition) is 5. The van der Waals surface area contributed by atoms with Crippen molar-refractivity contribution in [1.82, 2.24) is 0 Å². The second-order valence-corrected chi connectivity index (χ2v) is 4.73. The van der Waals surface area contributed by atoms with Gasteiger partial charge in [0, 0.05) is 5.92 Å². The first-order valence-electron chi connectivity index (χ1n) is 6.94. The van der Waals surface area contributed by atoms with Crippen LogP contribution < -0.4 is 0 Å². The first-order valence-corrected chi connectivity index (χ1v) is 6.94. The van der Waals surface area contributed by atoms with E-state index in [1.165, 1.54) is 0 Å². The van der Waals surface area contributed by atoms with Crippen LogP contribution in [0, 0.1) is 17.8 Å². The van der Waals surface area contributed by atoms with E-state index < -0.39 is 17.9 Å². The van der Waals surface area contributed by atoms with E-state index in [9.17, 15) is 14.4 Å². The maximum absolute atomic E-state index is 12.0. The van der Waals surface area contributed by atoms with Crippen LogP contribution in [0.4, 0.5) is 0 Å². The molecular formula is C14H22O5. The zero-order valence-electron chi connectivity index (χ0n) is 11.6. The van der Waals surface area contributed by atoms with Crippen molar-refractivity contribution >= 4 is 18.2 Å². The van der Waals surface area contributed by atoms with E-state index in [0.29, 0.717) is 6.42 Å². The summed E-state index contributed by atoms with van der Waals surface area (Å²) < 4.78 is 9.92. The molecule has 0 aliphatic heterocycles. The number of carbonyl (C=O) groups is 3. The van der Waals surface area contributed by atoms with E-state index in [4.69, 9.17) is 9.47 Å². The fraction of sp³-hybridized carbons (Fsp3) is 0.786. The van der Waals surface area contributed by atoms with Crippen LogP contribution in [0.25, 0.3) is 0 Å². The van der Waals surface area contributed by atoms with E-state index in [2.05, 4.69) is 0 Å². The van der Waals surface area contributed by atoms with Gasteiger partial charge in [0.2, 0.25) is 0 Å². The van der Waals surface area contributed by atoms with Crippen LogP contribution in [-0.4, -0.2) is 31.4 Å². The molecule has 5 nitrogen and oxygen atoms in total. The van der Waals surface area contributed by atoms with Crippen molar-refractivity contribution < 1.29 is 23.9 Å². The van der Waals surface area contributed by atoms with Crippen LogP contribution >= 0.6 is 0 Å². The van der Waals surface area contributed by atoms with Gasteiger partial charge in [-0.15, -0.1) is 0 Å². The van der Waals surface area contributed by atoms with Gasteiger partial charge in [0.1, 0.15) is 6.29 Å². The Bertz CT molecular complexity index is 308. The molecule has 0 aromatic heterocycles. The number of carbonyl (C=O) groups excluding carboxylic acids is 3. The van der Waals surface area contributed by atoms with E-state index in [1.807, 2.05) is 0 Å². The highest BCUT2D eigenvalue weighted by Crippen LogP contribution is 2.35. The number of aldehydes is 1. The minimum atomic E-state index is -0.963. The zero-order valence-corrected chi connectivity index (χ0v) is 11.6. The summed E-state index contributed by atoms with van der Waals surface area (Å²) in [5.41, 5.74) is 0. The summed E-state index contributed by atoms with van der Waals surface area (Å²) in [5, 5.41) is 0. The number of rotatable bonds is 6. The lowest BCUT2D eigenvalue weighted by atomic mass is 9.73. The molecule has 1 aliphatic carbocycles. The van der Waals surface area contributed by atoms with Gasteiger partial charge in [-0.3, -0.25) is 9.59 Å². The minimum absolute atomic E-state index is 0.215. The molecule has 0 heterocycles. The van der Waals surface area contributed by atoms with Crippen LogP contribution in [0.3, 0.4) is 0 Å². The van der Waals surface area contributed by atoms with Crippen LogP contribution in [0.15, 0.2) is 0 Å². The smallest absolute Gasteiger partial charge is 0.320 e. The fourth-order valence-electron chi connectivity index (χ4n) is 2.68. The topological polar surface area (TPSA) is 69.7 Å². The van der Waals surface area contributed by atoms with Crippen LogP contribution in [-0.2, 0) is 23.9 Å². The predicted octanol–water partition coefficient (Wildman–Crippen LogP) is 1.73. The van der Waals surface area contributed by atoms with Crippen molar-refractivity contribution in [3.05, 3.63) is 0 Å². The molecule has 0 aromatic carbocycles. The average Bonchev–Trinajstić information content (AvgIpc) is 2.40. The average molecular weight is 270 g/mol. The van der Waals surface area contributed by atoms with E-state index in [-0.39, 0.29) is 25.0 Å². The Kier molecular flexibility index (Phi) is 6.53. The molecule has 0 N–H and O–H groups in total. The van der Waals surface area contributed by atoms with E-state index in [0.717, 1.165) is 25.5 Å². The maximum Gasteiger partial charge on any atom is 0.320 e. The lowest BCUT2D eigenvalue weighted by molar-refractivity contribution is -0.166. The van der Waals surface area contributed by atoms with Gasteiger partial charge in [0.15, 0.2) is 5.92 Å². The first-order chi connectivity index (χ1) is 9.15. The largest absolute Gasteiger partial charge is 0.465 e. The number of esters is 2. The third-order valence-corrected chi connectivity index (χ3v) is 3.56. The van der Waals surface area contributed by atoms with Gasteiger partial charge in [0.05, 0.1) is 13.2 Å². The molecule has 1 rings (SSSR count). The first kappa shape index (κ1) is 15.7. The van der Waals surface area contributed by atoms with Crippen molar-refractivity contribution in [1.29, 1.82) is 0 Å². The summed E-state index contributed by atoms with van der Waals surface area (Å²) in [6.45, 7) is 3.82. The lowest BCUT2D eigenvalue weighted by Gasteiger charge is -2.31. The molecule has 1 saturated carbocycles. The molecule has 1 aliphatic rings. The molecule has 0 bridgehead atoms. The van der Waals surface area contributed by atoms with Gasteiger partial charge in [-0.25, -0.2) is 0 Å². The Morgan fingerprint density at radius 1 is 1.11 bits per heavy atom. The van der Waals surface area contributed by atoms with Crippen molar-refractivity contribution in [3.63, 3.8) is 0 Å². The standard InChI is InChI=1S/C14H22O5/c1-3-18-13(16)12(14(17)19-4-2)11-8-6-5-7-10(11)9-15/h9-12H,3-8H2,1-2H3/t10-,11+/m1/s1. The van der Waals surface area contributed by atoms with Crippen LogP contribution in [0.2, 0.25) is 0 Å². The van der Waals surface area contributed by atoms with Crippen molar-refractivity contribution in [3.8, 4) is 0 Å². The molecule has 0 radical (unpaired) electrons.